The minimum atomic E-state index is -1.08. The summed E-state index contributed by atoms with van der Waals surface area (Å²) in [4.78, 5) is 83.8. The molecule has 1 aliphatic heterocycles. The lowest BCUT2D eigenvalue weighted by atomic mass is 9.94. The molecule has 1 aliphatic rings. The van der Waals surface area contributed by atoms with E-state index in [1.807, 2.05) is 99.6 Å². The SMILES string of the molecule is CCC(C)C1NC(=O)C(Cc2ccccc2)NC(=O)C(C(C)CC)NC(=O)C(CC(C)C)NC(=O)C(CC(C)C)NC(=O)C(CC(C)C)NC1=O. The number of amides is 6. The lowest BCUT2D eigenvalue weighted by Crippen LogP contribution is -2.63. The molecule has 1 aromatic rings. The van der Waals surface area contributed by atoms with Gasteiger partial charge in [0, 0.05) is 6.42 Å². The van der Waals surface area contributed by atoms with Crippen molar-refractivity contribution in [3.05, 3.63) is 35.9 Å². The maximum absolute atomic E-state index is 14.1. The van der Waals surface area contributed by atoms with Crippen molar-refractivity contribution in [2.24, 2.45) is 29.6 Å². The van der Waals surface area contributed by atoms with Crippen molar-refractivity contribution in [2.75, 3.05) is 0 Å². The fourth-order valence-corrected chi connectivity index (χ4v) is 6.15. The van der Waals surface area contributed by atoms with Crippen molar-refractivity contribution in [2.45, 2.75) is 144 Å². The molecule has 0 radical (unpaired) electrons. The number of nitrogens with one attached hydrogen (secondary N) is 6. The second-order valence-corrected chi connectivity index (χ2v) is 15.6. The van der Waals surface area contributed by atoms with Crippen LogP contribution in [0.2, 0.25) is 0 Å². The molecule has 12 nitrogen and oxygen atoms in total. The monoisotopic (exact) mass is 712 g/mol. The summed E-state index contributed by atoms with van der Waals surface area (Å²) in [6, 6.07) is 3.13. The van der Waals surface area contributed by atoms with Gasteiger partial charge in [-0.1, -0.05) is 112 Å². The lowest BCUT2D eigenvalue weighted by molar-refractivity contribution is -0.138. The van der Waals surface area contributed by atoms with Crippen molar-refractivity contribution in [3.63, 3.8) is 0 Å². The second-order valence-electron chi connectivity index (χ2n) is 15.6. The van der Waals surface area contributed by atoms with Crippen molar-refractivity contribution >= 4 is 35.4 Å². The van der Waals surface area contributed by atoms with Gasteiger partial charge >= 0.3 is 0 Å². The lowest BCUT2D eigenvalue weighted by Gasteiger charge is -2.32. The number of hydrogen-bond acceptors (Lipinski definition) is 6. The molecule has 1 heterocycles. The molecule has 0 aromatic heterocycles. The minimum Gasteiger partial charge on any atom is -0.343 e. The number of benzene rings is 1. The van der Waals surface area contributed by atoms with Crippen molar-refractivity contribution in [1.29, 1.82) is 0 Å². The Kier molecular flexibility index (Phi) is 17.6. The number of carbonyl (C=O) groups is 6. The van der Waals surface area contributed by atoms with Gasteiger partial charge in [-0.05, 0) is 54.4 Å². The van der Waals surface area contributed by atoms with E-state index in [2.05, 4.69) is 31.9 Å². The van der Waals surface area contributed by atoms with Gasteiger partial charge in [0.1, 0.15) is 36.3 Å². The van der Waals surface area contributed by atoms with E-state index in [9.17, 15) is 28.8 Å². The predicted molar refractivity (Wildman–Crippen MR) is 199 cm³/mol. The van der Waals surface area contributed by atoms with Gasteiger partial charge in [-0.2, -0.15) is 0 Å². The molecule has 0 saturated carbocycles. The average molecular weight is 713 g/mol. The molecular weight excluding hydrogens is 648 g/mol. The van der Waals surface area contributed by atoms with Crippen LogP contribution < -0.4 is 31.9 Å². The zero-order valence-electron chi connectivity index (χ0n) is 32.4. The van der Waals surface area contributed by atoms with Crippen LogP contribution >= 0.6 is 0 Å². The molecular formula is C39H64N6O6. The summed E-state index contributed by atoms with van der Waals surface area (Å²) in [5, 5.41) is 17.3. The van der Waals surface area contributed by atoms with Crippen LogP contribution in [0.5, 0.6) is 0 Å². The summed E-state index contributed by atoms with van der Waals surface area (Å²) in [6.07, 6.45) is 2.10. The van der Waals surface area contributed by atoms with Crippen molar-refractivity contribution in [1.82, 2.24) is 31.9 Å². The number of carbonyl (C=O) groups excluding carboxylic acids is 6. The fraction of sp³-hybridized carbons (Fsp3) is 0.692. The first-order chi connectivity index (χ1) is 24.0. The van der Waals surface area contributed by atoms with Crippen LogP contribution in [0.4, 0.5) is 0 Å². The smallest absolute Gasteiger partial charge is 0.243 e. The molecule has 12 heteroatoms. The van der Waals surface area contributed by atoms with E-state index in [1.54, 1.807) is 0 Å². The van der Waals surface area contributed by atoms with Crippen LogP contribution in [0, 0.1) is 29.6 Å². The van der Waals surface area contributed by atoms with Gasteiger partial charge in [0.05, 0.1) is 0 Å². The quantitative estimate of drug-likeness (QED) is 0.194. The van der Waals surface area contributed by atoms with Crippen molar-refractivity contribution < 1.29 is 28.8 Å². The Morgan fingerprint density at radius 1 is 0.451 bits per heavy atom. The Balaban J connectivity index is 2.72. The van der Waals surface area contributed by atoms with E-state index in [1.165, 1.54) is 0 Å². The van der Waals surface area contributed by atoms with E-state index in [0.29, 0.717) is 19.3 Å². The molecule has 0 bridgehead atoms. The highest BCUT2D eigenvalue weighted by Gasteiger charge is 2.37. The first-order valence-corrected chi connectivity index (χ1v) is 18.8. The maximum Gasteiger partial charge on any atom is 0.243 e. The first-order valence-electron chi connectivity index (χ1n) is 18.8. The third kappa shape index (κ3) is 13.9. The minimum absolute atomic E-state index is 0.0102. The van der Waals surface area contributed by atoms with Crippen LogP contribution in [0.1, 0.15) is 107 Å². The molecule has 8 unspecified atom stereocenters. The maximum atomic E-state index is 14.1. The van der Waals surface area contributed by atoms with Crippen LogP contribution in [0.25, 0.3) is 0 Å². The summed E-state index contributed by atoms with van der Waals surface area (Å²) in [5.74, 6) is -3.82. The molecule has 51 heavy (non-hydrogen) atoms. The van der Waals surface area contributed by atoms with E-state index >= 15 is 0 Å². The van der Waals surface area contributed by atoms with E-state index < -0.39 is 71.7 Å². The van der Waals surface area contributed by atoms with E-state index in [-0.39, 0.29) is 48.9 Å². The van der Waals surface area contributed by atoms with Crippen LogP contribution in [0.3, 0.4) is 0 Å². The zero-order valence-corrected chi connectivity index (χ0v) is 32.4. The van der Waals surface area contributed by atoms with E-state index in [4.69, 9.17) is 0 Å². The Labute approximate surface area is 305 Å². The van der Waals surface area contributed by atoms with Crippen LogP contribution in [0.15, 0.2) is 30.3 Å². The zero-order chi connectivity index (χ0) is 38.4. The highest BCUT2D eigenvalue weighted by atomic mass is 16.2. The first kappa shape index (κ1) is 43.2. The molecule has 1 fully saturated rings. The summed E-state index contributed by atoms with van der Waals surface area (Å²) in [6.45, 7) is 19.0. The summed E-state index contributed by atoms with van der Waals surface area (Å²) >= 11 is 0. The normalized spacial score (nSPS) is 25.9. The highest BCUT2D eigenvalue weighted by Crippen LogP contribution is 2.16. The Morgan fingerprint density at radius 3 is 1.12 bits per heavy atom. The third-order valence-corrected chi connectivity index (χ3v) is 9.52. The van der Waals surface area contributed by atoms with Crippen molar-refractivity contribution in [3.8, 4) is 0 Å². The average Bonchev–Trinajstić information content (AvgIpc) is 3.06. The van der Waals surface area contributed by atoms with Gasteiger partial charge in [0.2, 0.25) is 35.4 Å². The standard InChI is InChI=1S/C39H64N6O6/c1-11-25(9)32-38(50)42-29(19-23(5)6)35(47)40-28(18-22(3)4)34(46)41-30(20-24(7)8)36(48)44-33(26(10)12-2)39(51)43-31(37(49)45-32)21-27-16-14-13-15-17-27/h13-17,22-26,28-33H,11-12,18-21H2,1-10H3,(H,40,47)(H,41,46)(H,42,50)(H,43,51)(H,44,48)(H,45,49). The summed E-state index contributed by atoms with van der Waals surface area (Å²) in [5.41, 5.74) is 0.790. The molecule has 2 rings (SSSR count). The predicted octanol–water partition coefficient (Wildman–Crippen LogP) is 3.38. The van der Waals surface area contributed by atoms with Gasteiger partial charge < -0.3 is 31.9 Å². The molecule has 0 spiro atoms. The molecule has 286 valence electrons. The number of rotatable bonds is 12. The number of hydrogen-bond donors (Lipinski definition) is 6. The van der Waals surface area contributed by atoms with Gasteiger partial charge in [-0.15, -0.1) is 0 Å². The molecule has 1 saturated heterocycles. The Morgan fingerprint density at radius 2 is 0.765 bits per heavy atom. The summed E-state index contributed by atoms with van der Waals surface area (Å²) < 4.78 is 0. The van der Waals surface area contributed by atoms with Gasteiger partial charge in [-0.25, -0.2) is 0 Å². The van der Waals surface area contributed by atoms with Crippen LogP contribution in [-0.4, -0.2) is 71.7 Å². The topological polar surface area (TPSA) is 175 Å². The molecule has 1 aromatic carbocycles. The largest absolute Gasteiger partial charge is 0.343 e. The Bertz CT molecular complexity index is 1300. The molecule has 6 amide bonds. The van der Waals surface area contributed by atoms with E-state index in [0.717, 1.165) is 5.56 Å². The van der Waals surface area contributed by atoms with Gasteiger partial charge in [-0.3, -0.25) is 28.8 Å². The fourth-order valence-electron chi connectivity index (χ4n) is 6.15. The highest BCUT2D eigenvalue weighted by molar-refractivity contribution is 5.98. The third-order valence-electron chi connectivity index (χ3n) is 9.52. The molecule has 6 N–H and O–H groups in total. The summed E-state index contributed by atoms with van der Waals surface area (Å²) in [7, 11) is 0. The Hall–Kier alpha value is -3.96. The molecule has 0 aliphatic carbocycles. The van der Waals surface area contributed by atoms with Crippen LogP contribution in [-0.2, 0) is 35.2 Å². The van der Waals surface area contributed by atoms with Gasteiger partial charge in [0.15, 0.2) is 0 Å². The molecule has 8 atom stereocenters. The van der Waals surface area contributed by atoms with Gasteiger partial charge in [0.25, 0.3) is 0 Å². The second kappa shape index (κ2) is 20.8.